The number of rotatable bonds is 7. The molecule has 6 nitrogen and oxygen atoms in total. The summed E-state index contributed by atoms with van der Waals surface area (Å²) in [4.78, 5) is 33.3. The van der Waals surface area contributed by atoms with E-state index in [4.69, 9.17) is 0 Å². The number of carbonyl (C=O) groups excluding carboxylic acids is 2. The van der Waals surface area contributed by atoms with Crippen molar-refractivity contribution in [2.75, 3.05) is 0 Å². The highest BCUT2D eigenvalue weighted by Crippen LogP contribution is 2.16. The van der Waals surface area contributed by atoms with Gasteiger partial charge in [0.25, 0.3) is 5.91 Å². The van der Waals surface area contributed by atoms with Gasteiger partial charge in [-0.05, 0) is 60.9 Å². The van der Waals surface area contributed by atoms with Crippen molar-refractivity contribution in [3.05, 3.63) is 95.6 Å². The summed E-state index contributed by atoms with van der Waals surface area (Å²) in [5.41, 5.74) is 3.13. The second-order valence-electron chi connectivity index (χ2n) is 6.88. The normalized spacial score (nSPS) is 12.6. The van der Waals surface area contributed by atoms with Crippen LogP contribution in [0.2, 0.25) is 0 Å². The first kappa shape index (κ1) is 20.2. The maximum Gasteiger partial charge on any atom is 0.252 e. The second-order valence-corrected chi connectivity index (χ2v) is 6.88. The molecule has 0 aliphatic heterocycles. The Kier molecular flexibility index (Phi) is 6.68. The number of nitrogens with one attached hydrogen (secondary N) is 2. The van der Waals surface area contributed by atoms with Crippen LogP contribution in [0, 0.1) is 0 Å². The van der Waals surface area contributed by atoms with Crippen LogP contribution in [0.3, 0.4) is 0 Å². The Labute approximate surface area is 170 Å². The lowest BCUT2D eigenvalue weighted by Gasteiger charge is -2.17. The van der Waals surface area contributed by atoms with E-state index in [1.165, 1.54) is 0 Å². The summed E-state index contributed by atoms with van der Waals surface area (Å²) in [5.74, 6) is -0.350. The number of hydrogen-bond acceptors (Lipinski definition) is 4. The molecular weight excluding hydrogens is 364 g/mol. The van der Waals surface area contributed by atoms with Gasteiger partial charge in [-0.2, -0.15) is 0 Å². The molecule has 0 spiro atoms. The van der Waals surface area contributed by atoms with Crippen molar-refractivity contribution < 1.29 is 9.59 Å². The van der Waals surface area contributed by atoms with Gasteiger partial charge in [0.2, 0.25) is 5.91 Å². The van der Waals surface area contributed by atoms with Gasteiger partial charge in [-0.25, -0.2) is 0 Å². The number of hydrogen-bond donors (Lipinski definition) is 2. The SMILES string of the molecule is C[C@H](NC(=O)Cc1ccccc1C(=O)N[C@@H](C)c1ccncc1)c1ccncc1. The third kappa shape index (κ3) is 5.48. The summed E-state index contributed by atoms with van der Waals surface area (Å²) < 4.78 is 0. The summed E-state index contributed by atoms with van der Waals surface area (Å²) in [6, 6.07) is 14.3. The molecule has 2 heterocycles. The van der Waals surface area contributed by atoms with E-state index in [0.29, 0.717) is 11.1 Å². The van der Waals surface area contributed by atoms with Gasteiger partial charge in [-0.1, -0.05) is 18.2 Å². The van der Waals surface area contributed by atoms with E-state index < -0.39 is 0 Å². The van der Waals surface area contributed by atoms with Gasteiger partial charge in [0, 0.05) is 30.4 Å². The molecule has 1 aromatic carbocycles. The Bertz CT molecular complexity index is 961. The summed E-state index contributed by atoms with van der Waals surface area (Å²) in [5, 5.41) is 5.96. The van der Waals surface area contributed by atoms with Gasteiger partial charge in [0.05, 0.1) is 18.5 Å². The van der Waals surface area contributed by atoms with E-state index in [9.17, 15) is 9.59 Å². The fraction of sp³-hybridized carbons (Fsp3) is 0.217. The molecule has 3 rings (SSSR count). The molecule has 0 fully saturated rings. The molecule has 2 aromatic heterocycles. The van der Waals surface area contributed by atoms with Crippen LogP contribution in [0.4, 0.5) is 0 Å². The number of nitrogens with zero attached hydrogens (tertiary/aromatic N) is 2. The lowest BCUT2D eigenvalue weighted by Crippen LogP contribution is -2.30. The fourth-order valence-corrected chi connectivity index (χ4v) is 3.11. The first-order valence-corrected chi connectivity index (χ1v) is 9.52. The van der Waals surface area contributed by atoms with Crippen LogP contribution < -0.4 is 10.6 Å². The van der Waals surface area contributed by atoms with Crippen LogP contribution in [0.1, 0.15) is 53.0 Å². The molecule has 0 aliphatic rings. The number of aromatic nitrogens is 2. The number of amides is 2. The summed E-state index contributed by atoms with van der Waals surface area (Å²) >= 11 is 0. The predicted molar refractivity (Wildman–Crippen MR) is 111 cm³/mol. The van der Waals surface area contributed by atoms with Crippen molar-refractivity contribution in [2.45, 2.75) is 32.4 Å². The molecule has 2 amide bonds. The largest absolute Gasteiger partial charge is 0.349 e. The van der Waals surface area contributed by atoms with Crippen molar-refractivity contribution in [2.24, 2.45) is 0 Å². The minimum atomic E-state index is -0.208. The molecule has 3 aromatic rings. The average Bonchev–Trinajstić information content (AvgIpc) is 2.75. The molecule has 0 radical (unpaired) electrons. The smallest absolute Gasteiger partial charge is 0.252 e. The molecular formula is C23H24N4O2. The van der Waals surface area contributed by atoms with Gasteiger partial charge in [-0.15, -0.1) is 0 Å². The van der Waals surface area contributed by atoms with E-state index in [1.54, 1.807) is 36.9 Å². The van der Waals surface area contributed by atoms with Crippen LogP contribution >= 0.6 is 0 Å². The topological polar surface area (TPSA) is 84.0 Å². The lowest BCUT2D eigenvalue weighted by molar-refractivity contribution is -0.121. The standard InChI is InChI=1S/C23H24N4O2/c1-16(18-7-11-24-12-8-18)26-22(28)15-20-5-3-4-6-21(20)23(29)27-17(2)19-9-13-25-14-10-19/h3-14,16-17H,15H2,1-2H3,(H,26,28)(H,27,29)/t16-,17-/m0/s1. The van der Waals surface area contributed by atoms with E-state index in [0.717, 1.165) is 11.1 Å². The zero-order chi connectivity index (χ0) is 20.6. The van der Waals surface area contributed by atoms with E-state index in [1.807, 2.05) is 50.2 Å². The maximum atomic E-state index is 12.8. The molecule has 0 unspecified atom stereocenters. The first-order chi connectivity index (χ1) is 14.0. The third-order valence-electron chi connectivity index (χ3n) is 4.75. The Hall–Kier alpha value is -3.54. The monoisotopic (exact) mass is 388 g/mol. The molecule has 148 valence electrons. The summed E-state index contributed by atoms with van der Waals surface area (Å²) in [6.07, 6.45) is 6.91. The number of pyridine rings is 2. The highest BCUT2D eigenvalue weighted by molar-refractivity contribution is 5.97. The van der Waals surface area contributed by atoms with E-state index >= 15 is 0 Å². The molecule has 2 atom stereocenters. The summed E-state index contributed by atoms with van der Waals surface area (Å²) in [7, 11) is 0. The quantitative estimate of drug-likeness (QED) is 0.650. The lowest BCUT2D eigenvalue weighted by atomic mass is 10.0. The summed E-state index contributed by atoms with van der Waals surface area (Å²) in [6.45, 7) is 3.83. The maximum absolute atomic E-state index is 12.8. The van der Waals surface area contributed by atoms with Gasteiger partial charge < -0.3 is 10.6 Å². The van der Waals surface area contributed by atoms with E-state index in [-0.39, 0.29) is 30.3 Å². The Morgan fingerprint density at radius 2 is 1.31 bits per heavy atom. The highest BCUT2D eigenvalue weighted by atomic mass is 16.2. The number of carbonyl (C=O) groups is 2. The zero-order valence-electron chi connectivity index (χ0n) is 16.5. The minimum absolute atomic E-state index is 0.128. The van der Waals surface area contributed by atoms with Gasteiger partial charge in [0.15, 0.2) is 0 Å². The van der Waals surface area contributed by atoms with Crippen LogP contribution in [-0.2, 0) is 11.2 Å². The molecule has 6 heteroatoms. The van der Waals surface area contributed by atoms with Crippen LogP contribution in [-0.4, -0.2) is 21.8 Å². The van der Waals surface area contributed by atoms with Crippen LogP contribution in [0.25, 0.3) is 0 Å². The van der Waals surface area contributed by atoms with Crippen LogP contribution in [0.5, 0.6) is 0 Å². The molecule has 29 heavy (non-hydrogen) atoms. The average molecular weight is 388 g/mol. The van der Waals surface area contributed by atoms with Crippen molar-refractivity contribution in [3.63, 3.8) is 0 Å². The molecule has 0 saturated carbocycles. The van der Waals surface area contributed by atoms with Crippen molar-refractivity contribution in [3.8, 4) is 0 Å². The molecule has 2 N–H and O–H groups in total. The Morgan fingerprint density at radius 3 is 1.90 bits per heavy atom. The minimum Gasteiger partial charge on any atom is -0.349 e. The van der Waals surface area contributed by atoms with Crippen molar-refractivity contribution in [1.29, 1.82) is 0 Å². The van der Waals surface area contributed by atoms with Crippen LogP contribution in [0.15, 0.2) is 73.3 Å². The second kappa shape index (κ2) is 9.59. The van der Waals surface area contributed by atoms with Crippen molar-refractivity contribution >= 4 is 11.8 Å². The first-order valence-electron chi connectivity index (χ1n) is 9.52. The predicted octanol–water partition coefficient (Wildman–Crippen LogP) is 3.39. The van der Waals surface area contributed by atoms with Gasteiger partial charge in [0.1, 0.15) is 0 Å². The molecule has 0 bridgehead atoms. The molecule has 0 aliphatic carbocycles. The Balaban J connectivity index is 1.66. The third-order valence-corrected chi connectivity index (χ3v) is 4.75. The highest BCUT2D eigenvalue weighted by Gasteiger charge is 2.17. The van der Waals surface area contributed by atoms with E-state index in [2.05, 4.69) is 20.6 Å². The van der Waals surface area contributed by atoms with Crippen molar-refractivity contribution in [1.82, 2.24) is 20.6 Å². The Morgan fingerprint density at radius 1 is 0.793 bits per heavy atom. The molecule has 0 saturated heterocycles. The van der Waals surface area contributed by atoms with Gasteiger partial charge in [-0.3, -0.25) is 19.6 Å². The fourth-order valence-electron chi connectivity index (χ4n) is 3.11. The zero-order valence-corrected chi connectivity index (χ0v) is 16.5. The number of benzene rings is 1. The van der Waals surface area contributed by atoms with Gasteiger partial charge >= 0.3 is 0 Å².